The summed E-state index contributed by atoms with van der Waals surface area (Å²) in [6, 6.07) is 2.97. The summed E-state index contributed by atoms with van der Waals surface area (Å²) in [5.74, 6) is 1.64. The van der Waals surface area contributed by atoms with Gasteiger partial charge >= 0.3 is 0 Å². The van der Waals surface area contributed by atoms with Gasteiger partial charge in [0.1, 0.15) is 12.1 Å². The number of hydrogen-bond acceptors (Lipinski definition) is 6. The standard InChI is InChI=1S/C15H25N5O/c1-2-21-15-9-14(17-11-18-15)20-8-5-13(10-20)19-6-3-12(16)4-7-19/h9,11-13H,2-8,10,16H2,1H3. The number of nitrogens with two attached hydrogens (primary N) is 1. The minimum absolute atomic E-state index is 0.398. The second-order valence-corrected chi connectivity index (χ2v) is 5.91. The van der Waals surface area contributed by atoms with Crippen LogP contribution in [0.1, 0.15) is 26.2 Å². The molecule has 1 unspecified atom stereocenters. The molecule has 1 atom stereocenters. The van der Waals surface area contributed by atoms with Gasteiger partial charge in [0.15, 0.2) is 0 Å². The van der Waals surface area contributed by atoms with Crippen LogP contribution in [-0.4, -0.2) is 59.7 Å². The lowest BCUT2D eigenvalue weighted by Crippen LogP contribution is -2.46. The first-order valence-electron chi connectivity index (χ1n) is 7.95. The number of anilines is 1. The molecule has 2 aliphatic heterocycles. The number of ether oxygens (including phenoxy) is 1. The van der Waals surface area contributed by atoms with Gasteiger partial charge in [0.05, 0.1) is 6.61 Å². The topological polar surface area (TPSA) is 67.5 Å². The number of aromatic nitrogens is 2. The zero-order valence-electron chi connectivity index (χ0n) is 12.7. The molecule has 0 bridgehead atoms. The van der Waals surface area contributed by atoms with Crippen molar-refractivity contribution in [2.45, 2.75) is 38.3 Å². The van der Waals surface area contributed by atoms with E-state index in [0.29, 0.717) is 24.6 Å². The highest BCUT2D eigenvalue weighted by atomic mass is 16.5. The molecule has 21 heavy (non-hydrogen) atoms. The van der Waals surface area contributed by atoms with Gasteiger partial charge in [-0.3, -0.25) is 4.90 Å². The van der Waals surface area contributed by atoms with Crippen LogP contribution in [0.4, 0.5) is 5.82 Å². The summed E-state index contributed by atoms with van der Waals surface area (Å²) < 4.78 is 5.46. The summed E-state index contributed by atoms with van der Waals surface area (Å²) in [5, 5.41) is 0. The van der Waals surface area contributed by atoms with Crippen molar-refractivity contribution in [3.05, 3.63) is 12.4 Å². The average molecular weight is 291 g/mol. The van der Waals surface area contributed by atoms with Crippen molar-refractivity contribution in [3.63, 3.8) is 0 Å². The molecule has 116 valence electrons. The number of piperidine rings is 1. The molecule has 0 saturated carbocycles. The first-order chi connectivity index (χ1) is 10.3. The van der Waals surface area contributed by atoms with Crippen molar-refractivity contribution in [3.8, 4) is 5.88 Å². The molecular formula is C15H25N5O. The van der Waals surface area contributed by atoms with E-state index in [1.54, 1.807) is 6.33 Å². The third kappa shape index (κ3) is 3.44. The molecule has 2 saturated heterocycles. The molecule has 0 spiro atoms. The molecule has 2 N–H and O–H groups in total. The Morgan fingerprint density at radius 1 is 1.24 bits per heavy atom. The summed E-state index contributed by atoms with van der Waals surface area (Å²) in [5.41, 5.74) is 5.99. The van der Waals surface area contributed by atoms with Crippen molar-refractivity contribution >= 4 is 5.82 Å². The lowest BCUT2D eigenvalue weighted by Gasteiger charge is -2.34. The Bertz CT molecular complexity index is 461. The molecule has 1 aromatic heterocycles. The predicted molar refractivity (Wildman–Crippen MR) is 82.6 cm³/mol. The Balaban J connectivity index is 1.60. The lowest BCUT2D eigenvalue weighted by atomic mass is 10.0. The average Bonchev–Trinajstić information content (AvgIpc) is 2.98. The van der Waals surface area contributed by atoms with Crippen LogP contribution in [0.15, 0.2) is 12.4 Å². The van der Waals surface area contributed by atoms with Crippen molar-refractivity contribution in [1.29, 1.82) is 0 Å². The van der Waals surface area contributed by atoms with Gasteiger partial charge in [0.25, 0.3) is 0 Å². The maximum Gasteiger partial charge on any atom is 0.218 e. The summed E-state index contributed by atoms with van der Waals surface area (Å²) in [4.78, 5) is 13.5. The van der Waals surface area contributed by atoms with Gasteiger partial charge in [0, 0.05) is 31.2 Å². The fourth-order valence-corrected chi connectivity index (χ4v) is 3.26. The van der Waals surface area contributed by atoms with Gasteiger partial charge in [-0.05, 0) is 39.3 Å². The molecular weight excluding hydrogens is 266 g/mol. The molecule has 3 rings (SSSR count). The van der Waals surface area contributed by atoms with Gasteiger partial charge in [-0.2, -0.15) is 0 Å². The first-order valence-corrected chi connectivity index (χ1v) is 7.95. The minimum atomic E-state index is 0.398. The molecule has 2 fully saturated rings. The maximum absolute atomic E-state index is 5.99. The number of likely N-dealkylation sites (tertiary alicyclic amines) is 1. The third-order valence-corrected chi connectivity index (χ3v) is 4.50. The van der Waals surface area contributed by atoms with Crippen molar-refractivity contribution < 1.29 is 4.74 Å². The molecule has 2 aliphatic rings. The first kappa shape index (κ1) is 14.5. The normalized spacial score (nSPS) is 24.5. The summed E-state index contributed by atoms with van der Waals surface area (Å²) in [6.45, 7) is 6.96. The third-order valence-electron chi connectivity index (χ3n) is 4.50. The molecule has 0 radical (unpaired) electrons. The summed E-state index contributed by atoms with van der Waals surface area (Å²) in [7, 11) is 0. The molecule has 6 nitrogen and oxygen atoms in total. The summed E-state index contributed by atoms with van der Waals surface area (Å²) >= 11 is 0. The van der Waals surface area contributed by atoms with Gasteiger partial charge in [-0.1, -0.05) is 0 Å². The Morgan fingerprint density at radius 3 is 2.81 bits per heavy atom. The van der Waals surface area contributed by atoms with Gasteiger partial charge in [-0.25, -0.2) is 9.97 Å². The van der Waals surface area contributed by atoms with E-state index < -0.39 is 0 Å². The second kappa shape index (κ2) is 6.58. The van der Waals surface area contributed by atoms with E-state index in [4.69, 9.17) is 10.5 Å². The summed E-state index contributed by atoms with van der Waals surface area (Å²) in [6.07, 6.45) is 5.04. The van der Waals surface area contributed by atoms with Gasteiger partial charge in [0.2, 0.25) is 5.88 Å². The Kier molecular flexibility index (Phi) is 4.55. The molecule has 6 heteroatoms. The van der Waals surface area contributed by atoms with Crippen molar-refractivity contribution in [1.82, 2.24) is 14.9 Å². The Labute approximate surface area is 126 Å². The van der Waals surface area contributed by atoms with Crippen LogP contribution in [-0.2, 0) is 0 Å². The largest absolute Gasteiger partial charge is 0.478 e. The van der Waals surface area contributed by atoms with E-state index >= 15 is 0 Å². The lowest BCUT2D eigenvalue weighted by molar-refractivity contribution is 0.163. The highest BCUT2D eigenvalue weighted by Gasteiger charge is 2.30. The minimum Gasteiger partial charge on any atom is -0.478 e. The van der Waals surface area contributed by atoms with E-state index in [1.807, 2.05) is 13.0 Å². The van der Waals surface area contributed by atoms with Crippen molar-refractivity contribution in [2.24, 2.45) is 5.73 Å². The molecule has 0 aromatic carbocycles. The zero-order chi connectivity index (χ0) is 14.7. The van der Waals surface area contributed by atoms with Crippen LogP contribution < -0.4 is 15.4 Å². The second-order valence-electron chi connectivity index (χ2n) is 5.91. The number of rotatable bonds is 4. The highest BCUT2D eigenvalue weighted by Crippen LogP contribution is 2.24. The smallest absolute Gasteiger partial charge is 0.218 e. The fraction of sp³-hybridized carbons (Fsp3) is 0.733. The molecule has 1 aromatic rings. The molecule has 0 aliphatic carbocycles. The van der Waals surface area contributed by atoms with E-state index in [0.717, 1.165) is 44.8 Å². The van der Waals surface area contributed by atoms with Gasteiger partial charge < -0.3 is 15.4 Å². The van der Waals surface area contributed by atoms with Crippen LogP contribution in [0.2, 0.25) is 0 Å². The number of hydrogen-bond donors (Lipinski definition) is 1. The van der Waals surface area contributed by atoms with Crippen LogP contribution in [0, 0.1) is 0 Å². The zero-order valence-corrected chi connectivity index (χ0v) is 12.7. The Morgan fingerprint density at radius 2 is 2.05 bits per heavy atom. The van der Waals surface area contributed by atoms with Crippen LogP contribution in [0.25, 0.3) is 0 Å². The van der Waals surface area contributed by atoms with E-state index in [2.05, 4.69) is 19.8 Å². The van der Waals surface area contributed by atoms with Crippen molar-refractivity contribution in [2.75, 3.05) is 37.7 Å². The Hall–Kier alpha value is -1.40. The van der Waals surface area contributed by atoms with Crippen LogP contribution >= 0.6 is 0 Å². The maximum atomic E-state index is 5.99. The molecule has 0 amide bonds. The van der Waals surface area contributed by atoms with Crippen LogP contribution in [0.3, 0.4) is 0 Å². The predicted octanol–water partition coefficient (Wildman–Crippen LogP) is 0.877. The molecule has 3 heterocycles. The monoisotopic (exact) mass is 291 g/mol. The quantitative estimate of drug-likeness (QED) is 0.888. The van der Waals surface area contributed by atoms with E-state index in [-0.39, 0.29) is 0 Å². The highest BCUT2D eigenvalue weighted by molar-refractivity contribution is 5.42. The van der Waals surface area contributed by atoms with Gasteiger partial charge in [-0.15, -0.1) is 0 Å². The van der Waals surface area contributed by atoms with E-state index in [9.17, 15) is 0 Å². The van der Waals surface area contributed by atoms with E-state index in [1.165, 1.54) is 6.42 Å². The SMILES string of the molecule is CCOc1cc(N2CCC(N3CCC(N)CC3)C2)ncn1. The number of nitrogens with zero attached hydrogens (tertiary/aromatic N) is 4. The van der Waals surface area contributed by atoms with Crippen LogP contribution in [0.5, 0.6) is 5.88 Å². The fourth-order valence-electron chi connectivity index (χ4n) is 3.26.